The first-order valence-electron chi connectivity index (χ1n) is 9.72. The van der Waals surface area contributed by atoms with Gasteiger partial charge in [0.1, 0.15) is 6.07 Å². The predicted molar refractivity (Wildman–Crippen MR) is 111 cm³/mol. The summed E-state index contributed by atoms with van der Waals surface area (Å²) in [4.78, 5) is 6.80. The summed E-state index contributed by atoms with van der Waals surface area (Å²) < 4.78 is 5.91. The number of aromatic nitrogens is 1. The Bertz CT molecular complexity index is 943. The topological polar surface area (TPSA) is 85.0 Å². The van der Waals surface area contributed by atoms with Gasteiger partial charge in [-0.2, -0.15) is 10.5 Å². The third-order valence-corrected chi connectivity index (χ3v) is 5.49. The van der Waals surface area contributed by atoms with E-state index in [9.17, 15) is 5.26 Å². The van der Waals surface area contributed by atoms with Crippen molar-refractivity contribution in [1.82, 2.24) is 15.2 Å². The first kappa shape index (κ1) is 21.1. The molecule has 0 atom stereocenters. The fourth-order valence-electron chi connectivity index (χ4n) is 3.91. The number of nitrogens with one attached hydrogen (secondary N) is 1. The molecule has 0 amide bonds. The molecule has 6 nitrogen and oxygen atoms in total. The Labute approximate surface area is 177 Å². The third kappa shape index (κ3) is 5.05. The number of hydrogen-bond donors (Lipinski definition) is 1. The largest absolute Gasteiger partial charge is 0.490 e. The van der Waals surface area contributed by atoms with Crippen LogP contribution in [0.4, 0.5) is 0 Å². The van der Waals surface area contributed by atoms with Gasteiger partial charge in [0, 0.05) is 19.6 Å². The van der Waals surface area contributed by atoms with Crippen molar-refractivity contribution in [2.75, 3.05) is 19.7 Å². The van der Waals surface area contributed by atoms with E-state index in [0.717, 1.165) is 44.7 Å². The van der Waals surface area contributed by atoms with Crippen LogP contribution in [0.25, 0.3) is 0 Å². The number of nitrogens with zero attached hydrogens (tertiary/aromatic N) is 4. The normalized spacial score (nSPS) is 16.3. The van der Waals surface area contributed by atoms with Crippen molar-refractivity contribution in [2.24, 2.45) is 5.92 Å². The Balaban J connectivity index is 0.00000240. The maximum atomic E-state index is 9.53. The van der Waals surface area contributed by atoms with Crippen molar-refractivity contribution >= 4 is 12.4 Å². The molecule has 4 rings (SSSR count). The number of fused-ring (bicyclic) bond motifs is 1. The summed E-state index contributed by atoms with van der Waals surface area (Å²) in [6, 6.07) is 12.1. The lowest BCUT2D eigenvalue weighted by atomic mass is 9.99. The number of benzene rings is 1. The van der Waals surface area contributed by atoms with Crippen molar-refractivity contribution in [2.45, 2.75) is 32.5 Å². The van der Waals surface area contributed by atoms with Gasteiger partial charge >= 0.3 is 0 Å². The maximum absolute atomic E-state index is 9.53. The van der Waals surface area contributed by atoms with Gasteiger partial charge in [-0.1, -0.05) is 6.07 Å². The zero-order valence-corrected chi connectivity index (χ0v) is 17.0. The molecular formula is C22H24ClN5O. The van der Waals surface area contributed by atoms with Crippen LogP contribution in [0, 0.1) is 28.6 Å². The van der Waals surface area contributed by atoms with E-state index in [2.05, 4.69) is 27.3 Å². The summed E-state index contributed by atoms with van der Waals surface area (Å²) in [6.45, 7) is 5.00. The smallest absolute Gasteiger partial charge is 0.155 e. The minimum absolute atomic E-state index is 0. The van der Waals surface area contributed by atoms with Crippen molar-refractivity contribution in [1.29, 1.82) is 10.5 Å². The first-order valence-corrected chi connectivity index (χ1v) is 9.72. The van der Waals surface area contributed by atoms with Crippen LogP contribution in [0.15, 0.2) is 30.5 Å². The molecule has 150 valence electrons. The molecular weight excluding hydrogens is 386 g/mol. The quantitative estimate of drug-likeness (QED) is 0.816. The number of piperidine rings is 1. The Morgan fingerprint density at radius 3 is 2.66 bits per heavy atom. The van der Waals surface area contributed by atoms with E-state index in [0.29, 0.717) is 35.9 Å². The van der Waals surface area contributed by atoms with Gasteiger partial charge in [0.25, 0.3) is 0 Å². The molecule has 0 unspecified atom stereocenters. The lowest BCUT2D eigenvalue weighted by molar-refractivity contribution is 0.214. The minimum atomic E-state index is 0. The van der Waals surface area contributed by atoms with Gasteiger partial charge in [-0.05, 0) is 61.2 Å². The molecule has 1 fully saturated rings. The molecule has 7 heteroatoms. The first-order chi connectivity index (χ1) is 13.7. The highest BCUT2D eigenvalue weighted by molar-refractivity contribution is 5.85. The van der Waals surface area contributed by atoms with Crippen LogP contribution in [0.2, 0.25) is 0 Å². The van der Waals surface area contributed by atoms with Crippen LogP contribution < -0.4 is 10.1 Å². The van der Waals surface area contributed by atoms with E-state index in [4.69, 9.17) is 10.00 Å². The van der Waals surface area contributed by atoms with Gasteiger partial charge in [0.15, 0.2) is 5.75 Å². The second-order valence-corrected chi connectivity index (χ2v) is 7.53. The minimum Gasteiger partial charge on any atom is -0.490 e. The number of nitriles is 2. The molecule has 3 heterocycles. The molecule has 0 spiro atoms. The predicted octanol–water partition coefficient (Wildman–Crippen LogP) is 3.14. The van der Waals surface area contributed by atoms with Crippen molar-refractivity contribution in [3.63, 3.8) is 0 Å². The van der Waals surface area contributed by atoms with Gasteiger partial charge in [0.2, 0.25) is 0 Å². The van der Waals surface area contributed by atoms with E-state index in [-0.39, 0.29) is 12.4 Å². The molecule has 1 aromatic heterocycles. The average Bonchev–Trinajstić information content (AvgIpc) is 3.14. The highest BCUT2D eigenvalue weighted by Gasteiger charge is 2.20. The van der Waals surface area contributed by atoms with E-state index in [1.807, 2.05) is 24.3 Å². The van der Waals surface area contributed by atoms with Crippen LogP contribution >= 0.6 is 12.4 Å². The van der Waals surface area contributed by atoms with Gasteiger partial charge in [-0.25, -0.2) is 0 Å². The molecule has 0 bridgehead atoms. The second kappa shape index (κ2) is 9.71. The lowest BCUT2D eigenvalue weighted by Crippen LogP contribution is -2.30. The fraction of sp³-hybridized carbons (Fsp3) is 0.409. The van der Waals surface area contributed by atoms with E-state index in [1.165, 1.54) is 11.1 Å². The summed E-state index contributed by atoms with van der Waals surface area (Å²) in [5, 5.41) is 21.9. The molecule has 1 saturated heterocycles. The van der Waals surface area contributed by atoms with E-state index >= 15 is 0 Å². The molecule has 1 N–H and O–H groups in total. The van der Waals surface area contributed by atoms with Crippen molar-refractivity contribution in [3.05, 3.63) is 58.4 Å². The standard InChI is InChI=1S/C22H23N5O.ClH/c23-9-17-1-2-18-12-27(13-20(18)7-17)14-21-8-19(10-24)22(11-26-21)28-15-16-3-5-25-6-4-16;/h1-2,7-8,11,16,25H,3-6,12-15H2;1H. The van der Waals surface area contributed by atoms with Crippen molar-refractivity contribution in [3.8, 4) is 17.9 Å². The highest BCUT2D eigenvalue weighted by atomic mass is 35.5. The number of halogens is 1. The van der Waals surface area contributed by atoms with Gasteiger partial charge < -0.3 is 10.1 Å². The molecule has 2 aliphatic rings. The summed E-state index contributed by atoms with van der Waals surface area (Å²) in [5.74, 6) is 1.11. The van der Waals surface area contributed by atoms with Gasteiger partial charge in [-0.15, -0.1) is 12.4 Å². The lowest BCUT2D eigenvalue weighted by Gasteiger charge is -2.23. The monoisotopic (exact) mass is 409 g/mol. The number of ether oxygens (including phenoxy) is 1. The van der Waals surface area contributed by atoms with Crippen LogP contribution in [0.3, 0.4) is 0 Å². The Morgan fingerprint density at radius 2 is 1.90 bits per heavy atom. The fourth-order valence-corrected chi connectivity index (χ4v) is 3.91. The number of rotatable bonds is 5. The molecule has 1 aromatic carbocycles. The number of pyridine rings is 1. The van der Waals surface area contributed by atoms with E-state index in [1.54, 1.807) is 6.20 Å². The Hall–Kier alpha value is -2.64. The third-order valence-electron chi connectivity index (χ3n) is 5.49. The van der Waals surface area contributed by atoms with Crippen molar-refractivity contribution < 1.29 is 4.74 Å². The Kier molecular flexibility index (Phi) is 7.06. The maximum Gasteiger partial charge on any atom is 0.155 e. The van der Waals surface area contributed by atoms with Crippen LogP contribution in [-0.2, 0) is 19.6 Å². The zero-order valence-electron chi connectivity index (χ0n) is 16.2. The second-order valence-electron chi connectivity index (χ2n) is 7.53. The summed E-state index contributed by atoms with van der Waals surface area (Å²) in [7, 11) is 0. The Morgan fingerprint density at radius 1 is 1.10 bits per heavy atom. The molecule has 2 aromatic rings. The van der Waals surface area contributed by atoms with Crippen LogP contribution in [0.5, 0.6) is 5.75 Å². The molecule has 0 radical (unpaired) electrons. The number of hydrogen-bond acceptors (Lipinski definition) is 6. The summed E-state index contributed by atoms with van der Waals surface area (Å²) >= 11 is 0. The molecule has 0 aliphatic carbocycles. The highest BCUT2D eigenvalue weighted by Crippen LogP contribution is 2.26. The van der Waals surface area contributed by atoms with Gasteiger partial charge in [0.05, 0.1) is 35.7 Å². The SMILES string of the molecule is Cl.N#Cc1ccc2c(c1)CN(Cc1cc(C#N)c(OCC3CCNCC3)cn1)C2. The molecule has 29 heavy (non-hydrogen) atoms. The van der Waals surface area contributed by atoms with E-state index < -0.39 is 0 Å². The molecule has 0 saturated carbocycles. The average molecular weight is 410 g/mol. The van der Waals surface area contributed by atoms with Crippen LogP contribution in [0.1, 0.15) is 40.8 Å². The summed E-state index contributed by atoms with van der Waals surface area (Å²) in [6.07, 6.45) is 3.90. The molecule has 2 aliphatic heterocycles. The van der Waals surface area contributed by atoms with Gasteiger partial charge in [-0.3, -0.25) is 9.88 Å². The van der Waals surface area contributed by atoms with Crippen LogP contribution in [-0.4, -0.2) is 29.6 Å². The zero-order chi connectivity index (χ0) is 19.3. The summed E-state index contributed by atoms with van der Waals surface area (Å²) in [5.41, 5.74) is 4.55.